The van der Waals surface area contributed by atoms with Crippen LogP contribution < -0.4 is 5.32 Å². The van der Waals surface area contributed by atoms with Gasteiger partial charge in [-0.1, -0.05) is 6.92 Å². The molecule has 0 unspecified atom stereocenters. The highest BCUT2D eigenvalue weighted by Gasteiger charge is 2.43. The first-order chi connectivity index (χ1) is 10.1. The molecule has 2 aromatic rings. The minimum Gasteiger partial charge on any atom is -0.469 e. The van der Waals surface area contributed by atoms with Gasteiger partial charge in [0.15, 0.2) is 0 Å². The van der Waals surface area contributed by atoms with Crippen LogP contribution in [0, 0.1) is 6.92 Å². The standard InChI is InChI=1S/C15H19N3O3/c1-3-13-10(4-5-21-13)15(20)17-11-6-12(19)14(11)18-8-9(2)7-16-18/h4-5,7-8,11-12,14,19H,3,6H2,1-2H3,(H,17,20)/t11-,12+,14+/m0/s1. The van der Waals surface area contributed by atoms with E-state index in [9.17, 15) is 9.90 Å². The van der Waals surface area contributed by atoms with Crippen LogP contribution >= 0.6 is 0 Å². The SMILES string of the molecule is CCc1occc1C(=O)N[C@H]1C[C@@H](O)[C@@H]1n1cc(C)cn1. The van der Waals surface area contributed by atoms with Crippen LogP contribution in [-0.2, 0) is 6.42 Å². The second kappa shape index (κ2) is 5.37. The normalized spacial score (nSPS) is 24.6. The summed E-state index contributed by atoms with van der Waals surface area (Å²) in [5, 5.41) is 17.1. The Balaban J connectivity index is 1.72. The zero-order valence-electron chi connectivity index (χ0n) is 12.1. The molecule has 1 aliphatic carbocycles. The van der Waals surface area contributed by atoms with E-state index < -0.39 is 6.10 Å². The summed E-state index contributed by atoms with van der Waals surface area (Å²) in [6.07, 6.45) is 5.87. The van der Waals surface area contributed by atoms with Crippen molar-refractivity contribution in [1.29, 1.82) is 0 Å². The van der Waals surface area contributed by atoms with Gasteiger partial charge in [-0.15, -0.1) is 0 Å². The van der Waals surface area contributed by atoms with Gasteiger partial charge in [-0.25, -0.2) is 0 Å². The van der Waals surface area contributed by atoms with Gasteiger partial charge in [0.25, 0.3) is 5.91 Å². The average molecular weight is 289 g/mol. The minimum atomic E-state index is -0.482. The molecule has 1 amide bonds. The van der Waals surface area contributed by atoms with Crippen LogP contribution in [0.5, 0.6) is 0 Å². The van der Waals surface area contributed by atoms with Gasteiger partial charge in [-0.05, 0) is 25.0 Å². The highest BCUT2D eigenvalue weighted by molar-refractivity contribution is 5.95. The Morgan fingerprint density at radius 2 is 2.43 bits per heavy atom. The average Bonchev–Trinajstić information content (AvgIpc) is 3.06. The Labute approximate surface area is 122 Å². The quantitative estimate of drug-likeness (QED) is 0.892. The van der Waals surface area contributed by atoms with Crippen LogP contribution in [0.25, 0.3) is 0 Å². The fraction of sp³-hybridized carbons (Fsp3) is 0.467. The first-order valence-corrected chi connectivity index (χ1v) is 7.16. The molecule has 1 aliphatic rings. The van der Waals surface area contributed by atoms with Crippen molar-refractivity contribution in [2.24, 2.45) is 0 Å². The zero-order chi connectivity index (χ0) is 15.0. The van der Waals surface area contributed by atoms with Gasteiger partial charge in [0, 0.05) is 12.6 Å². The summed E-state index contributed by atoms with van der Waals surface area (Å²) >= 11 is 0. The van der Waals surface area contributed by atoms with Crippen molar-refractivity contribution in [1.82, 2.24) is 15.1 Å². The predicted octanol–water partition coefficient (Wildman–Crippen LogP) is 1.45. The number of furan rings is 1. The minimum absolute atomic E-state index is 0.119. The molecule has 0 radical (unpaired) electrons. The first kappa shape index (κ1) is 13.9. The third-order valence-corrected chi connectivity index (χ3v) is 3.97. The Morgan fingerprint density at radius 3 is 3.05 bits per heavy atom. The van der Waals surface area contributed by atoms with Gasteiger partial charge in [-0.2, -0.15) is 5.10 Å². The fourth-order valence-corrected chi connectivity index (χ4v) is 2.78. The van der Waals surface area contributed by atoms with Gasteiger partial charge >= 0.3 is 0 Å². The number of aromatic nitrogens is 2. The number of carbonyl (C=O) groups is 1. The van der Waals surface area contributed by atoms with Crippen LogP contribution in [0.3, 0.4) is 0 Å². The molecule has 0 spiro atoms. The molecular formula is C15H19N3O3. The van der Waals surface area contributed by atoms with Gasteiger partial charge < -0.3 is 14.8 Å². The maximum absolute atomic E-state index is 12.3. The molecule has 0 saturated heterocycles. The van der Waals surface area contributed by atoms with Gasteiger partial charge in [-0.3, -0.25) is 9.48 Å². The molecule has 0 aromatic carbocycles. The Hall–Kier alpha value is -2.08. The second-order valence-corrected chi connectivity index (χ2v) is 5.48. The van der Waals surface area contributed by atoms with Crippen LogP contribution in [-0.4, -0.2) is 32.9 Å². The number of hydrogen-bond acceptors (Lipinski definition) is 4. The molecule has 2 aromatic heterocycles. The number of aliphatic hydroxyl groups is 1. The van der Waals surface area contributed by atoms with E-state index in [4.69, 9.17) is 4.42 Å². The number of rotatable bonds is 4. The third kappa shape index (κ3) is 2.47. The number of amides is 1. The maximum Gasteiger partial charge on any atom is 0.255 e. The number of aryl methyl sites for hydroxylation is 2. The van der Waals surface area contributed by atoms with Crippen molar-refractivity contribution in [3.8, 4) is 0 Å². The molecule has 3 atom stereocenters. The van der Waals surface area contributed by atoms with E-state index in [1.807, 2.05) is 20.0 Å². The first-order valence-electron chi connectivity index (χ1n) is 7.16. The van der Waals surface area contributed by atoms with E-state index in [2.05, 4.69) is 10.4 Å². The molecule has 21 heavy (non-hydrogen) atoms. The molecule has 2 N–H and O–H groups in total. The maximum atomic E-state index is 12.3. The van der Waals surface area contributed by atoms with Crippen molar-refractivity contribution in [2.45, 2.75) is 44.9 Å². The van der Waals surface area contributed by atoms with Crippen LogP contribution in [0.4, 0.5) is 0 Å². The Kier molecular flexibility index (Phi) is 3.55. The number of aliphatic hydroxyl groups excluding tert-OH is 1. The van der Waals surface area contributed by atoms with E-state index in [0.717, 1.165) is 5.56 Å². The highest BCUT2D eigenvalue weighted by atomic mass is 16.3. The van der Waals surface area contributed by atoms with Crippen LogP contribution in [0.15, 0.2) is 29.1 Å². The summed E-state index contributed by atoms with van der Waals surface area (Å²) in [4.78, 5) is 12.3. The lowest BCUT2D eigenvalue weighted by molar-refractivity contribution is -0.00592. The fourth-order valence-electron chi connectivity index (χ4n) is 2.78. The van der Waals surface area contributed by atoms with Gasteiger partial charge in [0.2, 0.25) is 0 Å². The molecule has 1 saturated carbocycles. The number of hydrogen-bond donors (Lipinski definition) is 2. The molecule has 6 nitrogen and oxygen atoms in total. The summed E-state index contributed by atoms with van der Waals surface area (Å²) < 4.78 is 7.00. The molecular weight excluding hydrogens is 270 g/mol. The van der Waals surface area contributed by atoms with Crippen LogP contribution in [0.2, 0.25) is 0 Å². The lowest BCUT2D eigenvalue weighted by Crippen LogP contribution is -2.56. The van der Waals surface area contributed by atoms with Crippen molar-refractivity contribution >= 4 is 5.91 Å². The summed E-state index contributed by atoms with van der Waals surface area (Å²) in [5.41, 5.74) is 1.59. The molecule has 0 aliphatic heterocycles. The third-order valence-electron chi connectivity index (χ3n) is 3.97. The van der Waals surface area contributed by atoms with Gasteiger partial charge in [0.1, 0.15) is 5.76 Å². The summed E-state index contributed by atoms with van der Waals surface area (Å²) in [5.74, 6) is 0.519. The molecule has 0 bridgehead atoms. The summed E-state index contributed by atoms with van der Waals surface area (Å²) in [6, 6.07) is 1.35. The molecule has 2 heterocycles. The van der Waals surface area contributed by atoms with Crippen molar-refractivity contribution in [3.05, 3.63) is 41.6 Å². The van der Waals surface area contributed by atoms with E-state index in [0.29, 0.717) is 24.2 Å². The van der Waals surface area contributed by atoms with Crippen molar-refractivity contribution < 1.29 is 14.3 Å². The summed E-state index contributed by atoms with van der Waals surface area (Å²) in [6.45, 7) is 3.89. The van der Waals surface area contributed by atoms with Gasteiger partial charge in [0.05, 0.1) is 36.2 Å². The number of nitrogens with zero attached hydrogens (tertiary/aromatic N) is 2. The Morgan fingerprint density at radius 1 is 1.62 bits per heavy atom. The van der Waals surface area contributed by atoms with E-state index >= 15 is 0 Å². The molecule has 112 valence electrons. The van der Waals surface area contributed by atoms with E-state index in [1.165, 1.54) is 6.26 Å². The largest absolute Gasteiger partial charge is 0.469 e. The van der Waals surface area contributed by atoms with Crippen molar-refractivity contribution in [3.63, 3.8) is 0 Å². The number of nitrogens with one attached hydrogen (secondary N) is 1. The topological polar surface area (TPSA) is 80.3 Å². The molecule has 3 rings (SSSR count). The van der Waals surface area contributed by atoms with Crippen molar-refractivity contribution in [2.75, 3.05) is 0 Å². The second-order valence-electron chi connectivity index (χ2n) is 5.48. The molecule has 1 fully saturated rings. The molecule has 6 heteroatoms. The highest BCUT2D eigenvalue weighted by Crippen LogP contribution is 2.33. The monoisotopic (exact) mass is 289 g/mol. The summed E-state index contributed by atoms with van der Waals surface area (Å²) in [7, 11) is 0. The zero-order valence-corrected chi connectivity index (χ0v) is 12.1. The Bertz CT molecular complexity index is 646. The lowest BCUT2D eigenvalue weighted by Gasteiger charge is -2.41. The number of carbonyl (C=O) groups excluding carboxylic acids is 1. The van der Waals surface area contributed by atoms with E-state index in [-0.39, 0.29) is 18.0 Å². The lowest BCUT2D eigenvalue weighted by atomic mass is 9.83. The predicted molar refractivity (Wildman–Crippen MR) is 76.0 cm³/mol. The smallest absolute Gasteiger partial charge is 0.255 e. The van der Waals surface area contributed by atoms with Crippen LogP contribution in [0.1, 0.15) is 41.1 Å². The van der Waals surface area contributed by atoms with E-state index in [1.54, 1.807) is 16.9 Å².